The van der Waals surface area contributed by atoms with Crippen LogP contribution in [0.1, 0.15) is 23.4 Å². The van der Waals surface area contributed by atoms with E-state index in [0.717, 1.165) is 10.2 Å². The Kier molecular flexibility index (Phi) is 7.10. The molecular formula is C18H14Cl4F3N5O. The topological polar surface area (TPSA) is 64.7 Å². The molecule has 2 aromatic heterocycles. The first-order chi connectivity index (χ1) is 14.5. The molecule has 0 radical (unpaired) electrons. The second-order valence-electron chi connectivity index (χ2n) is 6.54. The molecule has 1 aromatic carbocycles. The van der Waals surface area contributed by atoms with Gasteiger partial charge in [-0.1, -0.05) is 52.5 Å². The van der Waals surface area contributed by atoms with Gasteiger partial charge in [-0.3, -0.25) is 14.2 Å². The lowest BCUT2D eigenvalue weighted by molar-refractivity contribution is -0.141. The summed E-state index contributed by atoms with van der Waals surface area (Å²) >= 11 is 23.7. The number of carbonyl (C=O) groups is 1. The summed E-state index contributed by atoms with van der Waals surface area (Å²) in [5.74, 6) is -0.376. The molecule has 0 bridgehead atoms. The van der Waals surface area contributed by atoms with E-state index in [2.05, 4.69) is 15.5 Å². The molecule has 3 rings (SSSR count). The number of nitrogens with one attached hydrogen (secondary N) is 1. The molecule has 0 fully saturated rings. The number of benzene rings is 1. The molecule has 0 spiro atoms. The number of rotatable bonds is 6. The van der Waals surface area contributed by atoms with Gasteiger partial charge in [0.2, 0.25) is 5.91 Å². The van der Waals surface area contributed by atoms with Crippen LogP contribution in [0.3, 0.4) is 0 Å². The highest BCUT2D eigenvalue weighted by atomic mass is 35.5. The second-order valence-corrected chi connectivity index (χ2v) is 8.14. The van der Waals surface area contributed by atoms with Crippen LogP contribution in [0.2, 0.25) is 20.1 Å². The van der Waals surface area contributed by atoms with E-state index in [1.165, 1.54) is 17.8 Å². The lowest BCUT2D eigenvalue weighted by atomic mass is 10.2. The Morgan fingerprint density at radius 1 is 1.10 bits per heavy atom. The quantitative estimate of drug-likeness (QED) is 0.432. The number of carbonyl (C=O) groups excluding carboxylic acids is 1. The van der Waals surface area contributed by atoms with Gasteiger partial charge in [-0.15, -0.1) is 0 Å². The Morgan fingerprint density at radius 3 is 2.42 bits per heavy atom. The van der Waals surface area contributed by atoms with Crippen LogP contribution in [0.15, 0.2) is 24.4 Å². The van der Waals surface area contributed by atoms with Crippen LogP contribution in [-0.4, -0.2) is 25.5 Å². The third-order valence-electron chi connectivity index (χ3n) is 4.26. The molecule has 6 nitrogen and oxygen atoms in total. The zero-order chi connectivity index (χ0) is 22.9. The lowest BCUT2D eigenvalue weighted by Crippen LogP contribution is -2.17. The lowest BCUT2D eigenvalue weighted by Gasteiger charge is -2.06. The number of aryl methyl sites for hydroxylation is 1. The average Bonchev–Trinajstić information content (AvgIpc) is 3.16. The molecule has 0 unspecified atom stereocenters. The van der Waals surface area contributed by atoms with Crippen LogP contribution in [0.4, 0.5) is 19.0 Å². The predicted molar refractivity (Wildman–Crippen MR) is 113 cm³/mol. The van der Waals surface area contributed by atoms with Crippen molar-refractivity contribution in [1.82, 2.24) is 19.6 Å². The Bertz CT molecular complexity index is 1130. The number of hydrogen-bond acceptors (Lipinski definition) is 3. The number of hydrogen-bond donors (Lipinski definition) is 1. The summed E-state index contributed by atoms with van der Waals surface area (Å²) in [7, 11) is 0. The normalized spacial score (nSPS) is 11.7. The minimum atomic E-state index is -4.68. The van der Waals surface area contributed by atoms with Crippen molar-refractivity contribution < 1.29 is 18.0 Å². The zero-order valence-corrected chi connectivity index (χ0v) is 18.8. The third kappa shape index (κ3) is 5.65. The molecule has 31 heavy (non-hydrogen) atoms. The summed E-state index contributed by atoms with van der Waals surface area (Å²) in [5.41, 5.74) is -0.250. The molecule has 2 heterocycles. The van der Waals surface area contributed by atoms with Gasteiger partial charge < -0.3 is 5.32 Å². The van der Waals surface area contributed by atoms with Gasteiger partial charge in [-0.05, 0) is 24.6 Å². The van der Waals surface area contributed by atoms with Gasteiger partial charge in [0, 0.05) is 12.6 Å². The maximum atomic E-state index is 12.9. The first-order valence-corrected chi connectivity index (χ1v) is 10.2. The number of aromatic nitrogens is 4. The zero-order valence-electron chi connectivity index (χ0n) is 15.8. The largest absolute Gasteiger partial charge is 0.436 e. The van der Waals surface area contributed by atoms with Crippen LogP contribution in [0.25, 0.3) is 0 Å². The number of amides is 1. The van der Waals surface area contributed by atoms with E-state index in [0.29, 0.717) is 16.6 Å². The minimum absolute atomic E-state index is 0.102. The first kappa shape index (κ1) is 23.7. The van der Waals surface area contributed by atoms with Crippen molar-refractivity contribution in [1.29, 1.82) is 0 Å². The van der Waals surface area contributed by atoms with E-state index in [9.17, 15) is 18.0 Å². The van der Waals surface area contributed by atoms with Gasteiger partial charge in [0.1, 0.15) is 5.02 Å². The molecule has 3 aromatic rings. The second kappa shape index (κ2) is 9.28. The standard InChI is InChI=1S/C18H14Cl4F3N5O/c1-9-15(22)16(18(23,24)25)27-30(9)5-4-14(31)26-17-13(21)8-29(28-17)7-10-2-3-11(19)12(20)6-10/h2-3,6,8H,4-5,7H2,1H3,(H,26,28,31). The fraction of sp³-hybridized carbons (Fsp3) is 0.278. The summed E-state index contributed by atoms with van der Waals surface area (Å²) in [5, 5.41) is 10.7. The van der Waals surface area contributed by atoms with Gasteiger partial charge >= 0.3 is 6.18 Å². The van der Waals surface area contributed by atoms with Crippen molar-refractivity contribution in [3.63, 3.8) is 0 Å². The molecule has 0 atom stereocenters. The molecular weight excluding hydrogens is 501 g/mol. The van der Waals surface area contributed by atoms with Crippen molar-refractivity contribution in [2.24, 2.45) is 0 Å². The molecule has 13 heteroatoms. The van der Waals surface area contributed by atoms with Crippen LogP contribution < -0.4 is 5.32 Å². The number of alkyl halides is 3. The Hall–Kier alpha value is -1.94. The molecule has 0 saturated heterocycles. The number of anilines is 1. The summed E-state index contributed by atoms with van der Waals surface area (Å²) in [6.07, 6.45) is -3.32. The van der Waals surface area contributed by atoms with Gasteiger partial charge in [-0.25, -0.2) is 0 Å². The van der Waals surface area contributed by atoms with E-state index < -0.39 is 22.8 Å². The summed E-state index contributed by atoms with van der Waals surface area (Å²) in [4.78, 5) is 12.2. The van der Waals surface area contributed by atoms with Gasteiger partial charge in [0.25, 0.3) is 0 Å². The molecule has 1 N–H and O–H groups in total. The van der Waals surface area contributed by atoms with Crippen LogP contribution in [0.5, 0.6) is 0 Å². The monoisotopic (exact) mass is 513 g/mol. The molecule has 1 amide bonds. The van der Waals surface area contributed by atoms with Crippen molar-refractivity contribution in [3.8, 4) is 0 Å². The van der Waals surface area contributed by atoms with Gasteiger partial charge in [0.15, 0.2) is 11.5 Å². The molecule has 0 aliphatic rings. The Morgan fingerprint density at radius 2 is 1.81 bits per heavy atom. The maximum absolute atomic E-state index is 12.9. The van der Waals surface area contributed by atoms with Crippen molar-refractivity contribution in [2.75, 3.05) is 5.32 Å². The van der Waals surface area contributed by atoms with E-state index in [1.54, 1.807) is 18.2 Å². The maximum Gasteiger partial charge on any atom is 0.436 e. The summed E-state index contributed by atoms with van der Waals surface area (Å²) < 4.78 is 41.2. The fourth-order valence-corrected chi connectivity index (χ4v) is 3.47. The van der Waals surface area contributed by atoms with Crippen LogP contribution in [-0.2, 0) is 24.1 Å². The van der Waals surface area contributed by atoms with E-state index in [1.807, 2.05) is 0 Å². The highest BCUT2D eigenvalue weighted by Gasteiger charge is 2.38. The summed E-state index contributed by atoms with van der Waals surface area (Å²) in [6.45, 7) is 1.62. The van der Waals surface area contributed by atoms with Gasteiger partial charge in [-0.2, -0.15) is 23.4 Å². The fourth-order valence-electron chi connectivity index (χ4n) is 2.71. The molecule has 166 valence electrons. The van der Waals surface area contributed by atoms with Crippen LogP contribution in [0, 0.1) is 6.92 Å². The highest BCUT2D eigenvalue weighted by Crippen LogP contribution is 2.35. The first-order valence-electron chi connectivity index (χ1n) is 8.72. The SMILES string of the molecule is Cc1c(Cl)c(C(F)(F)F)nn1CCC(=O)Nc1nn(Cc2ccc(Cl)c(Cl)c2)cc1Cl. The molecule has 0 aliphatic carbocycles. The molecule has 0 aliphatic heterocycles. The smallest absolute Gasteiger partial charge is 0.308 e. The Labute approximate surface area is 194 Å². The molecule has 0 saturated carbocycles. The predicted octanol–water partition coefficient (Wildman–Crippen LogP) is 6.10. The number of halogens is 7. The van der Waals surface area contributed by atoms with Crippen molar-refractivity contribution in [2.45, 2.75) is 32.6 Å². The number of nitrogens with zero attached hydrogens (tertiary/aromatic N) is 4. The van der Waals surface area contributed by atoms with E-state index >= 15 is 0 Å². The van der Waals surface area contributed by atoms with Gasteiger partial charge in [0.05, 0.1) is 33.9 Å². The third-order valence-corrected chi connectivity index (χ3v) is 5.72. The minimum Gasteiger partial charge on any atom is -0.308 e. The Balaban J connectivity index is 1.63. The van der Waals surface area contributed by atoms with Crippen molar-refractivity contribution >= 4 is 58.1 Å². The van der Waals surface area contributed by atoms with E-state index in [-0.39, 0.29) is 29.5 Å². The average molecular weight is 515 g/mol. The van der Waals surface area contributed by atoms with E-state index in [4.69, 9.17) is 46.4 Å². The van der Waals surface area contributed by atoms with Crippen molar-refractivity contribution in [3.05, 3.63) is 61.4 Å². The summed E-state index contributed by atoms with van der Waals surface area (Å²) in [6, 6.07) is 5.11. The highest BCUT2D eigenvalue weighted by molar-refractivity contribution is 6.42. The van der Waals surface area contributed by atoms with Crippen LogP contribution >= 0.6 is 46.4 Å².